The van der Waals surface area contributed by atoms with E-state index < -0.39 is 0 Å². The summed E-state index contributed by atoms with van der Waals surface area (Å²) in [5, 5.41) is 15.0. The third-order valence-electron chi connectivity index (χ3n) is 7.46. The first-order valence-electron chi connectivity index (χ1n) is 15.4. The van der Waals surface area contributed by atoms with Crippen molar-refractivity contribution in [2.45, 2.75) is 118 Å². The van der Waals surface area contributed by atoms with E-state index in [9.17, 15) is 0 Å². The van der Waals surface area contributed by atoms with Crippen LogP contribution in [0.1, 0.15) is 114 Å². The first kappa shape index (κ1) is 33.9. The van der Waals surface area contributed by atoms with Gasteiger partial charge >= 0.3 is 0 Å². The van der Waals surface area contributed by atoms with Gasteiger partial charge in [0.1, 0.15) is 11.5 Å². The zero-order chi connectivity index (χ0) is 30.9. The molecular weight excluding hydrogens is 561 g/mol. The number of ether oxygens (including phenoxy) is 2. The predicted molar refractivity (Wildman–Crippen MR) is 184 cm³/mol. The van der Waals surface area contributed by atoms with E-state index >= 15 is 0 Å². The lowest BCUT2D eigenvalue weighted by molar-refractivity contribution is 0.295. The molecule has 6 nitrogen and oxygen atoms in total. The summed E-state index contributed by atoms with van der Waals surface area (Å²) in [5.74, 6) is 1.69. The Balaban J connectivity index is 2.02. The Kier molecular flexibility index (Phi) is 12.3. The number of thiocarbonyl (C=S) groups is 2. The average molecular weight is 613 g/mol. The van der Waals surface area contributed by atoms with Crippen LogP contribution in [0.2, 0.25) is 0 Å². The van der Waals surface area contributed by atoms with Crippen LogP contribution in [0.15, 0.2) is 24.3 Å². The monoisotopic (exact) mass is 612 g/mol. The molecule has 0 fully saturated rings. The van der Waals surface area contributed by atoms with Crippen molar-refractivity contribution >= 4 is 34.7 Å². The largest absolute Gasteiger partial charge is 0.493 e. The SMILES string of the molecule is CCCCOc1cc2c(OCCCC)cc1CNC(=S)NCc1cc(c(C(C)(C)C)cc1C(C)(C)C)CNC(=S)NC2. The summed E-state index contributed by atoms with van der Waals surface area (Å²) in [5.41, 5.74) is 7.10. The molecule has 0 unspecified atom stereocenters. The van der Waals surface area contributed by atoms with Crippen LogP contribution in [0.25, 0.3) is 0 Å². The molecule has 0 spiro atoms. The van der Waals surface area contributed by atoms with Gasteiger partial charge in [-0.1, -0.05) is 80.4 Å². The van der Waals surface area contributed by atoms with Crippen molar-refractivity contribution in [3.63, 3.8) is 0 Å². The van der Waals surface area contributed by atoms with E-state index in [0.717, 1.165) is 48.3 Å². The second-order valence-electron chi connectivity index (χ2n) is 13.2. The van der Waals surface area contributed by atoms with Crippen molar-refractivity contribution in [1.82, 2.24) is 21.3 Å². The number of benzene rings is 2. The highest BCUT2D eigenvalue weighted by molar-refractivity contribution is 7.80. The molecule has 8 heteroatoms. The molecule has 0 atom stereocenters. The molecule has 0 amide bonds. The molecular formula is C34H52N4O2S2. The van der Waals surface area contributed by atoms with E-state index in [2.05, 4.69) is 101 Å². The third kappa shape index (κ3) is 9.73. The van der Waals surface area contributed by atoms with Gasteiger partial charge in [-0.3, -0.25) is 0 Å². The van der Waals surface area contributed by atoms with Crippen molar-refractivity contribution in [1.29, 1.82) is 0 Å². The van der Waals surface area contributed by atoms with Crippen molar-refractivity contribution < 1.29 is 9.47 Å². The molecule has 0 aromatic heterocycles. The molecule has 4 N–H and O–H groups in total. The van der Waals surface area contributed by atoms with Crippen LogP contribution in [0, 0.1) is 0 Å². The molecule has 0 aliphatic carbocycles. The fourth-order valence-corrected chi connectivity index (χ4v) is 5.34. The Morgan fingerprint density at radius 2 is 0.929 bits per heavy atom. The summed E-state index contributed by atoms with van der Waals surface area (Å²) < 4.78 is 12.5. The van der Waals surface area contributed by atoms with Gasteiger partial charge in [-0.25, -0.2) is 0 Å². The van der Waals surface area contributed by atoms with Gasteiger partial charge in [-0.05, 0) is 82.5 Å². The molecule has 2 aromatic carbocycles. The highest BCUT2D eigenvalue weighted by Crippen LogP contribution is 2.35. The Labute approximate surface area is 265 Å². The summed E-state index contributed by atoms with van der Waals surface area (Å²) in [4.78, 5) is 0. The summed E-state index contributed by atoms with van der Waals surface area (Å²) in [7, 11) is 0. The number of rotatable bonds is 8. The molecule has 4 rings (SSSR count). The van der Waals surface area contributed by atoms with Gasteiger partial charge in [0, 0.05) is 37.3 Å². The Morgan fingerprint density at radius 1 is 0.571 bits per heavy atom. The molecule has 2 aliphatic heterocycles. The van der Waals surface area contributed by atoms with Gasteiger partial charge in [-0.15, -0.1) is 0 Å². The third-order valence-corrected chi connectivity index (χ3v) is 8.03. The fourth-order valence-electron chi connectivity index (χ4n) is 5.05. The predicted octanol–water partition coefficient (Wildman–Crippen LogP) is 7.28. The van der Waals surface area contributed by atoms with Crippen LogP contribution in [0.3, 0.4) is 0 Å². The number of nitrogens with one attached hydrogen (secondary N) is 4. The van der Waals surface area contributed by atoms with Crippen molar-refractivity contribution in [2.75, 3.05) is 13.2 Å². The minimum absolute atomic E-state index is 0.0198. The first-order valence-corrected chi connectivity index (χ1v) is 16.3. The van der Waals surface area contributed by atoms with Gasteiger partial charge in [0.15, 0.2) is 10.2 Å². The van der Waals surface area contributed by atoms with Crippen molar-refractivity contribution in [3.8, 4) is 11.5 Å². The van der Waals surface area contributed by atoms with Crippen LogP contribution < -0.4 is 30.7 Å². The van der Waals surface area contributed by atoms with Crippen LogP contribution in [0.5, 0.6) is 11.5 Å². The summed E-state index contributed by atoms with van der Waals surface area (Å²) >= 11 is 11.5. The van der Waals surface area contributed by atoms with E-state index in [0.29, 0.717) is 49.6 Å². The van der Waals surface area contributed by atoms with Crippen LogP contribution in [-0.2, 0) is 37.0 Å². The van der Waals surface area contributed by atoms with Gasteiger partial charge in [0.05, 0.1) is 13.2 Å². The van der Waals surface area contributed by atoms with Crippen LogP contribution in [-0.4, -0.2) is 23.4 Å². The van der Waals surface area contributed by atoms with Crippen molar-refractivity contribution in [3.05, 3.63) is 57.6 Å². The second-order valence-corrected chi connectivity index (χ2v) is 14.0. The normalized spacial score (nSPS) is 14.8. The number of hydrogen-bond donors (Lipinski definition) is 4. The molecule has 232 valence electrons. The topological polar surface area (TPSA) is 66.6 Å². The van der Waals surface area contributed by atoms with Gasteiger partial charge in [0.25, 0.3) is 0 Å². The number of unbranched alkanes of at least 4 members (excludes halogenated alkanes) is 2. The number of hydrogen-bond acceptors (Lipinski definition) is 4. The van der Waals surface area contributed by atoms with E-state index in [1.54, 1.807) is 0 Å². The zero-order valence-electron chi connectivity index (χ0n) is 27.0. The molecule has 0 saturated carbocycles. The van der Waals surface area contributed by atoms with Gasteiger partial charge in [0.2, 0.25) is 0 Å². The molecule has 2 aromatic rings. The second kappa shape index (κ2) is 15.2. The Morgan fingerprint density at radius 3 is 1.26 bits per heavy atom. The zero-order valence-corrected chi connectivity index (χ0v) is 28.6. The van der Waals surface area contributed by atoms with E-state index in [1.807, 2.05) is 0 Å². The molecule has 2 aliphatic rings. The molecule has 2 heterocycles. The highest BCUT2D eigenvalue weighted by atomic mass is 32.1. The molecule has 0 saturated heterocycles. The minimum atomic E-state index is -0.0198. The van der Waals surface area contributed by atoms with Crippen LogP contribution >= 0.6 is 24.4 Å². The van der Waals surface area contributed by atoms with Gasteiger partial charge in [-0.2, -0.15) is 0 Å². The van der Waals surface area contributed by atoms with Crippen LogP contribution in [0.4, 0.5) is 0 Å². The standard InChI is InChI=1S/C34H52N4O2S2/c1-9-11-13-39-29-16-26-22-38-32(42)36-20-24-15-23(27(33(3,4)5)18-28(24)34(6,7)8)19-35-31(41)37-21-25(29)17-30(26)40-14-12-10-2/h15-18H,9-14,19-22H2,1-8H3,(H2,35,37,41)(H2,36,38,42). The number of fused-ring (bicyclic) bond motifs is 10. The quantitative estimate of drug-likeness (QED) is 0.183. The maximum absolute atomic E-state index is 6.27. The van der Waals surface area contributed by atoms with Crippen molar-refractivity contribution in [2.24, 2.45) is 0 Å². The lowest BCUT2D eigenvalue weighted by atomic mass is 9.76. The lowest BCUT2D eigenvalue weighted by Gasteiger charge is -2.30. The Bertz CT molecular complexity index is 1140. The van der Waals surface area contributed by atoms with E-state index in [4.69, 9.17) is 33.9 Å². The average Bonchev–Trinajstić information content (AvgIpc) is 2.92. The minimum Gasteiger partial charge on any atom is -0.493 e. The summed E-state index contributed by atoms with van der Waals surface area (Å²) in [6.45, 7) is 21.6. The van der Waals surface area contributed by atoms with Gasteiger partial charge < -0.3 is 30.7 Å². The lowest BCUT2D eigenvalue weighted by Crippen LogP contribution is -2.36. The maximum atomic E-state index is 6.27. The van der Waals surface area contributed by atoms with E-state index in [-0.39, 0.29) is 10.8 Å². The summed E-state index contributed by atoms with van der Waals surface area (Å²) in [6, 6.07) is 8.89. The Hall–Kier alpha value is -2.58. The smallest absolute Gasteiger partial charge is 0.166 e. The molecule has 4 bridgehead atoms. The fraction of sp³-hybridized carbons (Fsp3) is 0.588. The summed E-state index contributed by atoms with van der Waals surface area (Å²) in [6.07, 6.45) is 4.13. The molecule has 42 heavy (non-hydrogen) atoms. The highest BCUT2D eigenvalue weighted by Gasteiger charge is 2.25. The molecule has 0 radical (unpaired) electrons. The van der Waals surface area contributed by atoms with E-state index in [1.165, 1.54) is 22.3 Å². The maximum Gasteiger partial charge on any atom is 0.166 e. The first-order chi connectivity index (χ1) is 19.8.